The third-order valence-electron chi connectivity index (χ3n) is 2.67. The van der Waals surface area contributed by atoms with E-state index in [4.69, 9.17) is 11.5 Å². The van der Waals surface area contributed by atoms with Gasteiger partial charge in [0.15, 0.2) is 0 Å². The fourth-order valence-corrected chi connectivity index (χ4v) is 1.61. The number of rotatable bonds is 6. The smallest absolute Gasteiger partial charge is 0.238 e. The molecule has 2 amide bonds. The predicted molar refractivity (Wildman–Crippen MR) is 75.4 cm³/mol. The van der Waals surface area contributed by atoms with Gasteiger partial charge in [-0.3, -0.25) is 14.5 Å². The Hall–Kier alpha value is -2.08. The standard InChI is InChI=1S/C13H20N4O2/c1-9(2)17(7-12(15)18)8-13(19)16-11-6-4-3-5-10(11)14/h3-6,9H,7-8,14H2,1-2H3,(H2,15,18)(H,16,19). The van der Waals surface area contributed by atoms with E-state index in [2.05, 4.69) is 5.32 Å². The number of benzene rings is 1. The van der Waals surface area contributed by atoms with Gasteiger partial charge in [-0.1, -0.05) is 12.1 Å². The Morgan fingerprint density at radius 1 is 1.26 bits per heavy atom. The first-order valence-electron chi connectivity index (χ1n) is 6.07. The first kappa shape index (κ1) is 15.0. The van der Waals surface area contributed by atoms with Crippen LogP contribution in [0.15, 0.2) is 24.3 Å². The van der Waals surface area contributed by atoms with Crippen molar-refractivity contribution >= 4 is 23.2 Å². The molecule has 104 valence electrons. The van der Waals surface area contributed by atoms with Gasteiger partial charge in [0.2, 0.25) is 11.8 Å². The summed E-state index contributed by atoms with van der Waals surface area (Å²) in [7, 11) is 0. The van der Waals surface area contributed by atoms with E-state index >= 15 is 0 Å². The van der Waals surface area contributed by atoms with Crippen LogP contribution in [0.1, 0.15) is 13.8 Å². The van der Waals surface area contributed by atoms with Crippen LogP contribution < -0.4 is 16.8 Å². The SMILES string of the molecule is CC(C)N(CC(N)=O)CC(=O)Nc1ccccc1N. The molecule has 0 aliphatic rings. The van der Waals surface area contributed by atoms with Crippen molar-refractivity contribution in [2.75, 3.05) is 24.1 Å². The van der Waals surface area contributed by atoms with Gasteiger partial charge in [0.25, 0.3) is 0 Å². The van der Waals surface area contributed by atoms with Gasteiger partial charge in [-0.15, -0.1) is 0 Å². The van der Waals surface area contributed by atoms with E-state index < -0.39 is 5.91 Å². The largest absolute Gasteiger partial charge is 0.397 e. The molecule has 0 aliphatic heterocycles. The van der Waals surface area contributed by atoms with Crippen molar-refractivity contribution < 1.29 is 9.59 Å². The van der Waals surface area contributed by atoms with Crippen LogP contribution in [0.4, 0.5) is 11.4 Å². The molecule has 0 spiro atoms. The Morgan fingerprint density at radius 3 is 2.42 bits per heavy atom. The number of hydrogen-bond acceptors (Lipinski definition) is 4. The molecular formula is C13H20N4O2. The Balaban J connectivity index is 2.63. The van der Waals surface area contributed by atoms with Crippen molar-refractivity contribution in [3.05, 3.63) is 24.3 Å². The molecule has 6 nitrogen and oxygen atoms in total. The maximum absolute atomic E-state index is 11.9. The van der Waals surface area contributed by atoms with Crippen LogP contribution >= 0.6 is 0 Å². The minimum atomic E-state index is -0.458. The minimum absolute atomic E-state index is 0.0476. The highest BCUT2D eigenvalue weighted by atomic mass is 16.2. The van der Waals surface area contributed by atoms with Gasteiger partial charge < -0.3 is 16.8 Å². The van der Waals surface area contributed by atoms with E-state index in [1.54, 1.807) is 29.2 Å². The van der Waals surface area contributed by atoms with E-state index in [1.165, 1.54) is 0 Å². The maximum Gasteiger partial charge on any atom is 0.238 e. The van der Waals surface area contributed by atoms with Gasteiger partial charge in [-0.05, 0) is 26.0 Å². The molecule has 0 bridgehead atoms. The molecule has 5 N–H and O–H groups in total. The number of nitrogen functional groups attached to an aromatic ring is 1. The Morgan fingerprint density at radius 2 is 1.89 bits per heavy atom. The fraction of sp³-hybridized carbons (Fsp3) is 0.385. The zero-order valence-corrected chi connectivity index (χ0v) is 11.2. The van der Waals surface area contributed by atoms with Crippen molar-refractivity contribution in [1.29, 1.82) is 0 Å². The molecule has 0 saturated carbocycles. The molecule has 0 heterocycles. The lowest BCUT2D eigenvalue weighted by Crippen LogP contribution is -2.43. The zero-order valence-electron chi connectivity index (χ0n) is 11.2. The number of nitrogens with one attached hydrogen (secondary N) is 1. The summed E-state index contributed by atoms with van der Waals surface area (Å²) < 4.78 is 0. The lowest BCUT2D eigenvalue weighted by Gasteiger charge is -2.24. The van der Waals surface area contributed by atoms with Crippen molar-refractivity contribution in [1.82, 2.24) is 4.90 Å². The van der Waals surface area contributed by atoms with Crippen LogP contribution in [0, 0.1) is 0 Å². The van der Waals surface area contributed by atoms with E-state index in [1.807, 2.05) is 13.8 Å². The van der Waals surface area contributed by atoms with Crippen LogP contribution in [0.3, 0.4) is 0 Å². The first-order valence-corrected chi connectivity index (χ1v) is 6.07. The van der Waals surface area contributed by atoms with Crippen LogP contribution in [-0.2, 0) is 9.59 Å². The Bertz CT molecular complexity index is 460. The van der Waals surface area contributed by atoms with Gasteiger partial charge in [-0.25, -0.2) is 0 Å². The summed E-state index contributed by atoms with van der Waals surface area (Å²) in [6.07, 6.45) is 0. The predicted octanol–water partition coefficient (Wildman–Crippen LogP) is 0.403. The number of para-hydroxylation sites is 2. The molecule has 6 heteroatoms. The Kier molecular flexibility index (Phi) is 5.32. The highest BCUT2D eigenvalue weighted by Gasteiger charge is 2.16. The molecule has 1 aromatic rings. The summed E-state index contributed by atoms with van der Waals surface area (Å²) in [5.74, 6) is -0.687. The van der Waals surface area contributed by atoms with Gasteiger partial charge in [0, 0.05) is 6.04 Å². The average molecular weight is 264 g/mol. The number of hydrogen-bond donors (Lipinski definition) is 3. The quantitative estimate of drug-likeness (QED) is 0.647. The number of anilines is 2. The highest BCUT2D eigenvalue weighted by molar-refractivity contribution is 5.95. The summed E-state index contributed by atoms with van der Waals surface area (Å²) in [4.78, 5) is 24.5. The van der Waals surface area contributed by atoms with Crippen molar-refractivity contribution in [3.8, 4) is 0 Å². The fourth-order valence-electron chi connectivity index (χ4n) is 1.61. The van der Waals surface area contributed by atoms with Gasteiger partial charge in [0.1, 0.15) is 0 Å². The van der Waals surface area contributed by atoms with Crippen LogP contribution in [0.25, 0.3) is 0 Å². The monoisotopic (exact) mass is 264 g/mol. The molecule has 0 unspecified atom stereocenters. The zero-order chi connectivity index (χ0) is 14.4. The number of nitrogens with zero attached hydrogens (tertiary/aromatic N) is 1. The lowest BCUT2D eigenvalue weighted by molar-refractivity contribution is -0.121. The second-order valence-corrected chi connectivity index (χ2v) is 4.60. The van der Waals surface area contributed by atoms with E-state index in [-0.39, 0.29) is 25.0 Å². The van der Waals surface area contributed by atoms with E-state index in [9.17, 15) is 9.59 Å². The molecule has 19 heavy (non-hydrogen) atoms. The normalized spacial score (nSPS) is 10.7. The summed E-state index contributed by atoms with van der Waals surface area (Å²) >= 11 is 0. The summed E-state index contributed by atoms with van der Waals surface area (Å²) in [5.41, 5.74) is 12.0. The van der Waals surface area contributed by atoms with Crippen LogP contribution in [0.5, 0.6) is 0 Å². The van der Waals surface area contributed by atoms with Crippen molar-refractivity contribution in [2.24, 2.45) is 5.73 Å². The molecule has 0 saturated heterocycles. The molecule has 0 fully saturated rings. The van der Waals surface area contributed by atoms with Gasteiger partial charge >= 0.3 is 0 Å². The molecular weight excluding hydrogens is 244 g/mol. The van der Waals surface area contributed by atoms with Crippen LogP contribution in [0.2, 0.25) is 0 Å². The molecule has 0 radical (unpaired) electrons. The second kappa shape index (κ2) is 6.75. The molecule has 1 aromatic carbocycles. The lowest BCUT2D eigenvalue weighted by atomic mass is 10.2. The number of primary amides is 1. The van der Waals surface area contributed by atoms with Crippen LogP contribution in [-0.4, -0.2) is 35.8 Å². The highest BCUT2D eigenvalue weighted by Crippen LogP contribution is 2.16. The second-order valence-electron chi connectivity index (χ2n) is 4.60. The number of nitrogens with two attached hydrogens (primary N) is 2. The van der Waals surface area contributed by atoms with Gasteiger partial charge in [0.05, 0.1) is 24.5 Å². The molecule has 0 aliphatic carbocycles. The van der Waals surface area contributed by atoms with Gasteiger partial charge in [-0.2, -0.15) is 0 Å². The minimum Gasteiger partial charge on any atom is -0.397 e. The third-order valence-corrected chi connectivity index (χ3v) is 2.67. The van der Waals surface area contributed by atoms with Crippen molar-refractivity contribution in [2.45, 2.75) is 19.9 Å². The number of carbonyl (C=O) groups excluding carboxylic acids is 2. The maximum atomic E-state index is 11.9. The van der Waals surface area contributed by atoms with E-state index in [0.29, 0.717) is 11.4 Å². The van der Waals surface area contributed by atoms with E-state index in [0.717, 1.165) is 0 Å². The Labute approximate surface area is 112 Å². The summed E-state index contributed by atoms with van der Waals surface area (Å²) in [6, 6.07) is 7.06. The summed E-state index contributed by atoms with van der Waals surface area (Å²) in [6.45, 7) is 3.94. The third kappa shape index (κ3) is 4.97. The molecule has 0 aromatic heterocycles. The van der Waals surface area contributed by atoms with Crippen molar-refractivity contribution in [3.63, 3.8) is 0 Å². The topological polar surface area (TPSA) is 101 Å². The number of amides is 2. The molecule has 0 atom stereocenters. The summed E-state index contributed by atoms with van der Waals surface area (Å²) in [5, 5.41) is 2.71. The first-order chi connectivity index (χ1) is 8.90. The average Bonchev–Trinajstić information content (AvgIpc) is 2.30. The molecule has 1 rings (SSSR count). The number of carbonyl (C=O) groups is 2.